The van der Waals surface area contributed by atoms with E-state index in [2.05, 4.69) is 15.5 Å². The van der Waals surface area contributed by atoms with Crippen LogP contribution in [-0.2, 0) is 11.3 Å². The van der Waals surface area contributed by atoms with Crippen molar-refractivity contribution in [3.05, 3.63) is 35.4 Å². The Labute approximate surface area is 149 Å². The molecule has 2 heterocycles. The first kappa shape index (κ1) is 17.9. The Hall–Kier alpha value is -1.92. The summed E-state index contributed by atoms with van der Waals surface area (Å²) in [5.41, 5.74) is 1.75. The van der Waals surface area contributed by atoms with Crippen molar-refractivity contribution in [3.8, 4) is 0 Å². The Morgan fingerprint density at radius 3 is 2.56 bits per heavy atom. The molecular weight excluding hydrogens is 316 g/mol. The van der Waals surface area contributed by atoms with Crippen LogP contribution in [0.25, 0.3) is 0 Å². The van der Waals surface area contributed by atoms with Crippen LogP contribution in [0.1, 0.15) is 35.2 Å². The largest absolute Gasteiger partial charge is 0.352 e. The number of carbonyl (C=O) groups is 2. The fraction of sp³-hybridized carbons (Fsp3) is 0.579. The third kappa shape index (κ3) is 5.28. The number of likely N-dealkylation sites (tertiary alicyclic amines) is 1. The van der Waals surface area contributed by atoms with Gasteiger partial charge in [0.1, 0.15) is 0 Å². The second-order valence-electron chi connectivity index (χ2n) is 6.82. The van der Waals surface area contributed by atoms with Crippen LogP contribution in [0.2, 0.25) is 0 Å². The normalized spacial score (nSPS) is 18.6. The van der Waals surface area contributed by atoms with Crippen LogP contribution >= 0.6 is 0 Å². The molecule has 1 aromatic carbocycles. The molecule has 6 heteroatoms. The van der Waals surface area contributed by atoms with Gasteiger partial charge in [-0.05, 0) is 37.1 Å². The summed E-state index contributed by atoms with van der Waals surface area (Å²) in [6.07, 6.45) is 2.59. The molecule has 25 heavy (non-hydrogen) atoms. The lowest BCUT2D eigenvalue weighted by Gasteiger charge is -2.27. The molecule has 0 radical (unpaired) electrons. The highest BCUT2D eigenvalue weighted by Gasteiger charge is 2.20. The molecule has 2 amide bonds. The molecular formula is C19H28N4O2. The van der Waals surface area contributed by atoms with E-state index in [0.29, 0.717) is 25.1 Å². The Balaban J connectivity index is 1.39. The molecule has 0 bridgehead atoms. The van der Waals surface area contributed by atoms with Crippen molar-refractivity contribution in [2.24, 2.45) is 0 Å². The van der Waals surface area contributed by atoms with Gasteiger partial charge in [-0.1, -0.05) is 12.1 Å². The lowest BCUT2D eigenvalue weighted by molar-refractivity contribution is -0.128. The first-order valence-electron chi connectivity index (χ1n) is 9.30. The van der Waals surface area contributed by atoms with E-state index in [1.54, 1.807) is 0 Å². The predicted octanol–water partition coefficient (Wildman–Crippen LogP) is 0.834. The lowest BCUT2D eigenvalue weighted by Crippen LogP contribution is -2.44. The monoisotopic (exact) mass is 344 g/mol. The zero-order chi connectivity index (χ0) is 17.5. The number of hydrogen-bond acceptors (Lipinski definition) is 4. The van der Waals surface area contributed by atoms with Crippen molar-refractivity contribution < 1.29 is 9.59 Å². The maximum absolute atomic E-state index is 12.2. The number of carbonyl (C=O) groups excluding carboxylic acids is 2. The molecule has 0 atom stereocenters. The van der Waals surface area contributed by atoms with Crippen molar-refractivity contribution in [1.82, 2.24) is 20.4 Å². The number of benzene rings is 1. The average molecular weight is 344 g/mol. The zero-order valence-corrected chi connectivity index (χ0v) is 14.8. The van der Waals surface area contributed by atoms with E-state index in [9.17, 15) is 9.59 Å². The number of hydrogen-bond donors (Lipinski definition) is 2. The van der Waals surface area contributed by atoms with Gasteiger partial charge in [-0.25, -0.2) is 0 Å². The number of nitrogens with one attached hydrogen (secondary N) is 2. The maximum atomic E-state index is 12.2. The standard InChI is InChI=1S/C19H28N4O2/c24-18-3-1-12-23(18)15-16-4-6-17(7-5-16)19(25)21-8-2-11-22-13-9-20-10-14-22/h4-7,20H,1-3,8-15H2,(H,21,25). The Kier molecular flexibility index (Phi) is 6.42. The molecule has 0 unspecified atom stereocenters. The van der Waals surface area contributed by atoms with Gasteiger partial charge in [-0.3, -0.25) is 9.59 Å². The summed E-state index contributed by atoms with van der Waals surface area (Å²) in [7, 11) is 0. The van der Waals surface area contributed by atoms with Crippen LogP contribution in [0.5, 0.6) is 0 Å². The molecule has 0 spiro atoms. The summed E-state index contributed by atoms with van der Waals surface area (Å²) in [4.78, 5) is 28.2. The summed E-state index contributed by atoms with van der Waals surface area (Å²) in [5.74, 6) is 0.204. The number of nitrogens with zero attached hydrogens (tertiary/aromatic N) is 2. The topological polar surface area (TPSA) is 64.7 Å². The molecule has 3 rings (SSSR count). The van der Waals surface area contributed by atoms with Gasteiger partial charge < -0.3 is 20.4 Å². The molecule has 2 saturated heterocycles. The highest BCUT2D eigenvalue weighted by atomic mass is 16.2. The van der Waals surface area contributed by atoms with Gasteiger partial charge in [-0.15, -0.1) is 0 Å². The predicted molar refractivity (Wildman–Crippen MR) is 97.4 cm³/mol. The van der Waals surface area contributed by atoms with Crippen LogP contribution in [0.3, 0.4) is 0 Å². The van der Waals surface area contributed by atoms with E-state index in [0.717, 1.165) is 57.7 Å². The molecule has 6 nitrogen and oxygen atoms in total. The van der Waals surface area contributed by atoms with Gasteiger partial charge in [0.15, 0.2) is 0 Å². The second kappa shape index (κ2) is 8.97. The summed E-state index contributed by atoms with van der Waals surface area (Å²) in [6, 6.07) is 7.59. The molecule has 1 aromatic rings. The first-order chi connectivity index (χ1) is 12.2. The van der Waals surface area contributed by atoms with Gasteiger partial charge in [-0.2, -0.15) is 0 Å². The summed E-state index contributed by atoms with van der Waals surface area (Å²) in [5, 5.41) is 6.33. The minimum Gasteiger partial charge on any atom is -0.352 e. The molecule has 0 aliphatic carbocycles. The Morgan fingerprint density at radius 2 is 1.88 bits per heavy atom. The van der Waals surface area contributed by atoms with Crippen molar-refractivity contribution in [1.29, 1.82) is 0 Å². The van der Waals surface area contributed by atoms with E-state index < -0.39 is 0 Å². The van der Waals surface area contributed by atoms with E-state index in [1.165, 1.54) is 0 Å². The second-order valence-corrected chi connectivity index (χ2v) is 6.82. The Bertz CT molecular complexity index is 582. The molecule has 2 fully saturated rings. The fourth-order valence-corrected chi connectivity index (χ4v) is 3.39. The van der Waals surface area contributed by atoms with Gasteiger partial charge in [0, 0.05) is 57.8 Å². The average Bonchev–Trinajstić information content (AvgIpc) is 3.05. The number of amides is 2. The summed E-state index contributed by atoms with van der Waals surface area (Å²) >= 11 is 0. The SMILES string of the molecule is O=C(NCCCN1CCNCC1)c1ccc(CN2CCCC2=O)cc1. The highest BCUT2D eigenvalue weighted by Crippen LogP contribution is 2.14. The quantitative estimate of drug-likeness (QED) is 0.720. The maximum Gasteiger partial charge on any atom is 0.251 e. The molecule has 0 saturated carbocycles. The zero-order valence-electron chi connectivity index (χ0n) is 14.8. The molecule has 2 aliphatic heterocycles. The molecule has 2 N–H and O–H groups in total. The van der Waals surface area contributed by atoms with Crippen LogP contribution < -0.4 is 10.6 Å². The van der Waals surface area contributed by atoms with Gasteiger partial charge in [0.25, 0.3) is 5.91 Å². The van der Waals surface area contributed by atoms with E-state index in [4.69, 9.17) is 0 Å². The third-order valence-corrected chi connectivity index (χ3v) is 4.91. The minimum atomic E-state index is -0.0240. The van der Waals surface area contributed by atoms with Crippen LogP contribution in [0, 0.1) is 0 Å². The highest BCUT2D eigenvalue weighted by molar-refractivity contribution is 5.94. The fourth-order valence-electron chi connectivity index (χ4n) is 3.39. The number of rotatable bonds is 7. The minimum absolute atomic E-state index is 0.0240. The first-order valence-corrected chi connectivity index (χ1v) is 9.30. The van der Waals surface area contributed by atoms with E-state index >= 15 is 0 Å². The van der Waals surface area contributed by atoms with E-state index in [-0.39, 0.29) is 11.8 Å². The van der Waals surface area contributed by atoms with Crippen LogP contribution in [0.15, 0.2) is 24.3 Å². The van der Waals surface area contributed by atoms with Gasteiger partial charge in [0.05, 0.1) is 0 Å². The summed E-state index contributed by atoms with van der Waals surface area (Å²) in [6.45, 7) is 7.52. The third-order valence-electron chi connectivity index (χ3n) is 4.91. The van der Waals surface area contributed by atoms with Crippen molar-refractivity contribution in [2.75, 3.05) is 45.8 Å². The lowest BCUT2D eigenvalue weighted by atomic mass is 10.1. The van der Waals surface area contributed by atoms with Gasteiger partial charge in [0.2, 0.25) is 5.91 Å². The molecule has 136 valence electrons. The smallest absolute Gasteiger partial charge is 0.251 e. The molecule has 0 aromatic heterocycles. The van der Waals surface area contributed by atoms with Crippen molar-refractivity contribution in [3.63, 3.8) is 0 Å². The van der Waals surface area contributed by atoms with Crippen molar-refractivity contribution in [2.45, 2.75) is 25.8 Å². The van der Waals surface area contributed by atoms with E-state index in [1.807, 2.05) is 29.2 Å². The van der Waals surface area contributed by atoms with Gasteiger partial charge >= 0.3 is 0 Å². The van der Waals surface area contributed by atoms with Crippen LogP contribution in [0.4, 0.5) is 0 Å². The number of piperazine rings is 1. The molecule has 2 aliphatic rings. The Morgan fingerprint density at radius 1 is 1.12 bits per heavy atom. The van der Waals surface area contributed by atoms with Crippen molar-refractivity contribution >= 4 is 11.8 Å². The summed E-state index contributed by atoms with van der Waals surface area (Å²) < 4.78 is 0. The van der Waals surface area contributed by atoms with Crippen LogP contribution in [-0.4, -0.2) is 67.4 Å².